The average molecular weight is 523 g/mol. The van der Waals surface area contributed by atoms with Gasteiger partial charge in [-0.3, -0.25) is 9.59 Å². The van der Waals surface area contributed by atoms with Crippen molar-refractivity contribution in [3.63, 3.8) is 0 Å². The molecule has 0 aliphatic carbocycles. The number of carbonyl (C=O) groups is 2. The van der Waals surface area contributed by atoms with E-state index >= 15 is 0 Å². The molecule has 2 saturated heterocycles. The molecule has 2 heterocycles. The number of thioether (sulfide) groups is 2. The molecule has 2 aliphatic rings. The molecule has 1 unspecified atom stereocenters. The number of carbonyl (C=O) groups excluding carboxylic acids is 2. The van der Waals surface area contributed by atoms with Gasteiger partial charge in [0, 0.05) is 22.5 Å². The van der Waals surface area contributed by atoms with Gasteiger partial charge in [0.25, 0.3) is 0 Å². The minimum Gasteiger partial charge on any atom is -0.497 e. The third-order valence-electron chi connectivity index (χ3n) is 5.42. The number of rotatable bonds is 7. The molecule has 164 valence electrons. The molecule has 0 saturated carbocycles. The van der Waals surface area contributed by atoms with E-state index in [9.17, 15) is 9.59 Å². The van der Waals surface area contributed by atoms with Gasteiger partial charge in [-0.15, -0.1) is 23.5 Å². The van der Waals surface area contributed by atoms with Crippen LogP contribution in [0.3, 0.4) is 0 Å². The van der Waals surface area contributed by atoms with E-state index in [0.717, 1.165) is 21.8 Å². The third-order valence-corrected chi connectivity index (χ3v) is 9.20. The van der Waals surface area contributed by atoms with E-state index in [1.165, 1.54) is 11.8 Å². The second kappa shape index (κ2) is 9.44. The summed E-state index contributed by atoms with van der Waals surface area (Å²) in [5, 5.41) is 0.609. The quantitative estimate of drug-likeness (QED) is 0.339. The number of hydrogen-bond donors (Lipinski definition) is 1. The van der Waals surface area contributed by atoms with Gasteiger partial charge in [0.15, 0.2) is 0 Å². The second-order valence-electron chi connectivity index (χ2n) is 7.46. The highest BCUT2D eigenvalue weighted by Crippen LogP contribution is 2.47. The summed E-state index contributed by atoms with van der Waals surface area (Å²) in [4.78, 5) is 28.5. The monoisotopic (exact) mass is 522 g/mol. The maximum Gasteiger partial charge on any atom is 0.325 e. The van der Waals surface area contributed by atoms with E-state index in [1.54, 1.807) is 23.8 Å². The largest absolute Gasteiger partial charge is 0.497 e. The molecular weight excluding hydrogens is 500 g/mol. The Morgan fingerprint density at radius 3 is 2.74 bits per heavy atom. The predicted molar refractivity (Wildman–Crippen MR) is 126 cm³/mol. The second-order valence-corrected chi connectivity index (χ2v) is 10.5. The number of halogens is 1. The molecule has 2 fully saturated rings. The molecule has 6 nitrogen and oxygen atoms in total. The van der Waals surface area contributed by atoms with Crippen molar-refractivity contribution in [3.05, 3.63) is 59.7 Å². The summed E-state index contributed by atoms with van der Waals surface area (Å²) in [6.45, 7) is 0.451. The zero-order chi connectivity index (χ0) is 22.0. The van der Waals surface area contributed by atoms with Gasteiger partial charge in [-0.1, -0.05) is 46.3 Å². The van der Waals surface area contributed by atoms with Gasteiger partial charge in [0.2, 0.25) is 5.91 Å². The number of hydrogen-bond acceptors (Lipinski definition) is 7. The Morgan fingerprint density at radius 2 is 2.03 bits per heavy atom. The van der Waals surface area contributed by atoms with Crippen LogP contribution in [0.5, 0.6) is 5.75 Å². The summed E-state index contributed by atoms with van der Waals surface area (Å²) in [6, 6.07) is 14.9. The first-order valence-corrected chi connectivity index (χ1v) is 12.8. The van der Waals surface area contributed by atoms with Crippen molar-refractivity contribution >= 4 is 51.3 Å². The predicted octanol–water partition coefficient (Wildman–Crippen LogP) is 3.41. The van der Waals surface area contributed by atoms with Gasteiger partial charge in [-0.2, -0.15) is 0 Å². The van der Waals surface area contributed by atoms with E-state index in [2.05, 4.69) is 15.9 Å². The topological polar surface area (TPSA) is 81.9 Å². The van der Waals surface area contributed by atoms with Crippen molar-refractivity contribution in [2.24, 2.45) is 5.73 Å². The molecular formula is C22H23BrN2O4S2. The van der Waals surface area contributed by atoms with Gasteiger partial charge >= 0.3 is 5.97 Å². The van der Waals surface area contributed by atoms with Crippen LogP contribution in [0.25, 0.3) is 0 Å². The SMILES string of the molecule is COc1ccc(COC(=O)C2(Sc3ccccc3CBr)CS[C@@H]3[C@H](N)C(=O)N3C2)cc1. The molecule has 1 amide bonds. The van der Waals surface area contributed by atoms with E-state index in [4.69, 9.17) is 15.2 Å². The van der Waals surface area contributed by atoms with Crippen molar-refractivity contribution in [1.29, 1.82) is 0 Å². The van der Waals surface area contributed by atoms with Gasteiger partial charge < -0.3 is 20.1 Å². The Hall–Kier alpha value is -1.68. The van der Waals surface area contributed by atoms with Crippen LogP contribution in [0.15, 0.2) is 53.4 Å². The third kappa shape index (κ3) is 4.46. The maximum absolute atomic E-state index is 13.4. The summed E-state index contributed by atoms with van der Waals surface area (Å²) >= 11 is 6.55. The Morgan fingerprint density at radius 1 is 1.29 bits per heavy atom. The van der Waals surface area contributed by atoms with Crippen molar-refractivity contribution in [2.45, 2.75) is 33.0 Å². The molecule has 0 radical (unpaired) electrons. The molecule has 31 heavy (non-hydrogen) atoms. The summed E-state index contributed by atoms with van der Waals surface area (Å²) in [5.74, 6) is 0.837. The summed E-state index contributed by atoms with van der Waals surface area (Å²) in [6.07, 6.45) is 0. The summed E-state index contributed by atoms with van der Waals surface area (Å²) < 4.78 is 10.0. The molecule has 2 N–H and O–H groups in total. The van der Waals surface area contributed by atoms with Gasteiger partial charge in [-0.05, 0) is 29.3 Å². The number of amides is 1. The Bertz CT molecular complexity index is 974. The lowest BCUT2D eigenvalue weighted by atomic mass is 10.0. The molecule has 9 heteroatoms. The van der Waals surface area contributed by atoms with Crippen LogP contribution in [-0.2, 0) is 26.3 Å². The first-order valence-electron chi connectivity index (χ1n) is 9.78. The number of alkyl halides is 1. The van der Waals surface area contributed by atoms with E-state index in [-0.39, 0.29) is 23.9 Å². The van der Waals surface area contributed by atoms with Crippen LogP contribution in [-0.4, -0.2) is 52.3 Å². The van der Waals surface area contributed by atoms with Crippen LogP contribution in [0.4, 0.5) is 0 Å². The van der Waals surface area contributed by atoms with Crippen molar-refractivity contribution in [3.8, 4) is 5.75 Å². The lowest BCUT2D eigenvalue weighted by Crippen LogP contribution is -2.73. The van der Waals surface area contributed by atoms with E-state index in [0.29, 0.717) is 17.6 Å². The first-order chi connectivity index (χ1) is 15.0. The maximum atomic E-state index is 13.4. The first kappa shape index (κ1) is 22.5. The zero-order valence-electron chi connectivity index (χ0n) is 17.0. The lowest BCUT2D eigenvalue weighted by molar-refractivity contribution is -0.152. The molecule has 0 aromatic heterocycles. The standard InChI is InChI=1S/C22H23BrN2O4S2/c1-28-16-8-6-14(7-9-16)11-29-21(27)22(31-17-5-3-2-4-15(17)10-23)12-25-19(26)18(24)20(25)30-13-22/h2-9,18,20H,10-13,24H2,1H3/t18-,20-,22?/m1/s1. The highest BCUT2D eigenvalue weighted by Gasteiger charge is 2.57. The smallest absolute Gasteiger partial charge is 0.325 e. The number of benzene rings is 2. The fourth-order valence-electron chi connectivity index (χ4n) is 3.61. The van der Waals surface area contributed by atoms with Gasteiger partial charge in [0.1, 0.15) is 28.5 Å². The highest BCUT2D eigenvalue weighted by atomic mass is 79.9. The zero-order valence-corrected chi connectivity index (χ0v) is 20.2. The molecule has 0 spiro atoms. The van der Waals surface area contributed by atoms with Crippen LogP contribution >= 0.6 is 39.5 Å². The fourth-order valence-corrected chi connectivity index (χ4v) is 7.24. The highest BCUT2D eigenvalue weighted by molar-refractivity contribution is 9.08. The van der Waals surface area contributed by atoms with Gasteiger partial charge in [0.05, 0.1) is 7.11 Å². The Kier molecular flexibility index (Phi) is 6.86. The lowest BCUT2D eigenvalue weighted by Gasteiger charge is -2.52. The molecule has 0 bridgehead atoms. The van der Waals surface area contributed by atoms with Gasteiger partial charge in [-0.25, -0.2) is 0 Å². The normalized spacial score (nSPS) is 24.9. The molecule has 2 aromatic carbocycles. The number of β-lactam (4-membered cyclic amide) rings is 1. The van der Waals surface area contributed by atoms with Crippen LogP contribution in [0.1, 0.15) is 11.1 Å². The summed E-state index contributed by atoms with van der Waals surface area (Å²) in [7, 11) is 1.61. The van der Waals surface area contributed by atoms with Crippen molar-refractivity contribution in [1.82, 2.24) is 4.90 Å². The van der Waals surface area contributed by atoms with E-state index < -0.39 is 10.8 Å². The van der Waals surface area contributed by atoms with E-state index in [1.807, 2.05) is 48.5 Å². The number of ether oxygens (including phenoxy) is 2. The Balaban J connectivity index is 1.55. The molecule has 3 atom stereocenters. The number of nitrogens with zero attached hydrogens (tertiary/aromatic N) is 1. The number of fused-ring (bicyclic) bond motifs is 1. The van der Waals surface area contributed by atoms with Crippen LogP contribution in [0, 0.1) is 0 Å². The van der Waals surface area contributed by atoms with Crippen molar-refractivity contribution in [2.75, 3.05) is 19.4 Å². The Labute approximate surface area is 198 Å². The summed E-state index contributed by atoms with van der Waals surface area (Å²) in [5.41, 5.74) is 7.91. The minimum atomic E-state index is -0.901. The number of esters is 1. The van der Waals surface area contributed by atoms with Crippen LogP contribution < -0.4 is 10.5 Å². The fraction of sp³-hybridized carbons (Fsp3) is 0.364. The minimum absolute atomic E-state index is 0.0676. The molecule has 2 aliphatic heterocycles. The number of nitrogens with two attached hydrogens (primary N) is 1. The average Bonchev–Trinajstić information content (AvgIpc) is 2.82. The van der Waals surface area contributed by atoms with Crippen molar-refractivity contribution < 1.29 is 19.1 Å². The molecule has 2 aromatic rings. The van der Waals surface area contributed by atoms with Crippen LogP contribution in [0.2, 0.25) is 0 Å². The molecule has 4 rings (SSSR count). The number of methoxy groups -OCH3 is 1.